The molecule has 126 valence electrons. The molecule has 0 heterocycles. The molecule has 3 heteroatoms. The van der Waals surface area contributed by atoms with E-state index in [-0.39, 0.29) is 11.9 Å². The molecule has 0 saturated heterocycles. The first kappa shape index (κ1) is 16.6. The number of anilines is 1. The quantitative estimate of drug-likeness (QED) is 0.780. The Kier molecular flexibility index (Phi) is 5.19. The second-order valence-electron chi connectivity index (χ2n) is 6.70. The molecule has 0 unspecified atom stereocenters. The van der Waals surface area contributed by atoms with Crippen LogP contribution in [0, 0.1) is 0 Å². The Labute approximate surface area is 144 Å². The molecule has 24 heavy (non-hydrogen) atoms. The summed E-state index contributed by atoms with van der Waals surface area (Å²) in [6, 6.07) is 18.4. The van der Waals surface area contributed by atoms with E-state index in [1.807, 2.05) is 30.3 Å². The Morgan fingerprint density at radius 1 is 1.04 bits per heavy atom. The summed E-state index contributed by atoms with van der Waals surface area (Å²) >= 11 is 0. The highest BCUT2D eigenvalue weighted by Gasteiger charge is 2.28. The second kappa shape index (κ2) is 7.52. The van der Waals surface area contributed by atoms with E-state index in [0.29, 0.717) is 12.0 Å². The summed E-state index contributed by atoms with van der Waals surface area (Å²) in [6.07, 6.45) is 3.32. The lowest BCUT2D eigenvalue weighted by molar-refractivity contribution is -0.122. The van der Waals surface area contributed by atoms with Crippen molar-refractivity contribution in [3.05, 3.63) is 65.7 Å². The molecule has 3 nitrogen and oxygen atoms in total. The predicted molar refractivity (Wildman–Crippen MR) is 99.1 cm³/mol. The molecule has 2 aromatic carbocycles. The third-order valence-corrected chi connectivity index (χ3v) is 4.72. The summed E-state index contributed by atoms with van der Waals surface area (Å²) < 4.78 is 0. The van der Waals surface area contributed by atoms with Crippen molar-refractivity contribution in [2.75, 3.05) is 5.32 Å². The van der Waals surface area contributed by atoms with Gasteiger partial charge in [-0.1, -0.05) is 56.3 Å². The lowest BCUT2D eigenvalue weighted by atomic mass is 9.98. The summed E-state index contributed by atoms with van der Waals surface area (Å²) in [6.45, 7) is 4.43. The van der Waals surface area contributed by atoms with Crippen LogP contribution in [0.4, 0.5) is 5.69 Å². The Bertz CT molecular complexity index is 662. The van der Waals surface area contributed by atoms with Crippen LogP contribution >= 0.6 is 0 Å². The number of rotatable bonds is 7. The highest BCUT2D eigenvalue weighted by atomic mass is 16.2. The van der Waals surface area contributed by atoms with E-state index >= 15 is 0 Å². The van der Waals surface area contributed by atoms with E-state index in [9.17, 15) is 4.79 Å². The van der Waals surface area contributed by atoms with Crippen molar-refractivity contribution in [1.82, 2.24) is 5.32 Å². The van der Waals surface area contributed by atoms with Crippen LogP contribution in [-0.4, -0.2) is 11.9 Å². The van der Waals surface area contributed by atoms with Gasteiger partial charge in [-0.25, -0.2) is 0 Å². The molecule has 0 bridgehead atoms. The molecule has 3 rings (SSSR count). The molecular formula is C21H26N2O. The first-order valence-electron chi connectivity index (χ1n) is 8.89. The normalized spacial score (nSPS) is 16.2. The highest BCUT2D eigenvalue weighted by Crippen LogP contribution is 2.25. The zero-order valence-electron chi connectivity index (χ0n) is 14.5. The van der Waals surface area contributed by atoms with Gasteiger partial charge in [0.15, 0.2) is 0 Å². The van der Waals surface area contributed by atoms with Gasteiger partial charge < -0.3 is 10.6 Å². The number of carbonyl (C=O) groups is 1. The Hall–Kier alpha value is -2.29. The topological polar surface area (TPSA) is 41.1 Å². The Morgan fingerprint density at radius 2 is 1.71 bits per heavy atom. The van der Waals surface area contributed by atoms with Crippen LogP contribution in [0.3, 0.4) is 0 Å². The maximum absolute atomic E-state index is 12.6. The van der Waals surface area contributed by atoms with Crippen LogP contribution in [0.1, 0.15) is 56.2 Å². The maximum Gasteiger partial charge on any atom is 0.247 e. The second-order valence-corrected chi connectivity index (χ2v) is 6.70. The number of benzene rings is 2. The standard InChI is InChI=1S/C21H26N2O/c1-3-15(2)16-9-11-18(12-10-16)22-20(17-7-5-4-6-8-17)21(24)23-19-13-14-19/h4-12,15,19-20,22H,3,13-14H2,1-2H3,(H,23,24)/t15-,20-/m0/s1. The molecule has 0 spiro atoms. The van der Waals surface area contributed by atoms with Crippen LogP contribution in [0.15, 0.2) is 54.6 Å². The molecule has 0 radical (unpaired) electrons. The minimum atomic E-state index is -0.360. The molecule has 0 aliphatic heterocycles. The Balaban J connectivity index is 1.76. The van der Waals surface area contributed by atoms with Gasteiger partial charge >= 0.3 is 0 Å². The number of nitrogens with one attached hydrogen (secondary N) is 2. The van der Waals surface area contributed by atoms with Crippen molar-refractivity contribution in [2.45, 2.75) is 51.1 Å². The fourth-order valence-electron chi connectivity index (χ4n) is 2.77. The maximum atomic E-state index is 12.6. The van der Waals surface area contributed by atoms with Gasteiger partial charge in [0.05, 0.1) is 0 Å². The van der Waals surface area contributed by atoms with Gasteiger partial charge in [-0.05, 0) is 48.4 Å². The number of hydrogen-bond acceptors (Lipinski definition) is 2. The van der Waals surface area contributed by atoms with Crippen LogP contribution in [0.25, 0.3) is 0 Å². The summed E-state index contributed by atoms with van der Waals surface area (Å²) in [4.78, 5) is 12.6. The number of hydrogen-bond donors (Lipinski definition) is 2. The van der Waals surface area contributed by atoms with Crippen molar-refractivity contribution in [3.63, 3.8) is 0 Å². The zero-order chi connectivity index (χ0) is 16.9. The number of carbonyl (C=O) groups excluding carboxylic acids is 1. The summed E-state index contributed by atoms with van der Waals surface area (Å²) in [7, 11) is 0. The molecule has 1 saturated carbocycles. The van der Waals surface area contributed by atoms with E-state index in [2.05, 4.69) is 48.7 Å². The van der Waals surface area contributed by atoms with Gasteiger partial charge in [-0.3, -0.25) is 4.79 Å². The lowest BCUT2D eigenvalue weighted by Gasteiger charge is -2.20. The third kappa shape index (κ3) is 4.16. The molecule has 1 fully saturated rings. The summed E-state index contributed by atoms with van der Waals surface area (Å²) in [5.41, 5.74) is 3.30. The van der Waals surface area contributed by atoms with E-state index in [4.69, 9.17) is 0 Å². The molecule has 2 atom stereocenters. The minimum Gasteiger partial charge on any atom is -0.370 e. The zero-order valence-corrected chi connectivity index (χ0v) is 14.5. The predicted octanol–water partition coefficient (Wildman–Crippen LogP) is 4.63. The molecule has 2 N–H and O–H groups in total. The van der Waals surface area contributed by atoms with Gasteiger partial charge in [0.1, 0.15) is 6.04 Å². The smallest absolute Gasteiger partial charge is 0.247 e. The van der Waals surface area contributed by atoms with Gasteiger partial charge in [0.25, 0.3) is 0 Å². The Morgan fingerprint density at radius 3 is 2.29 bits per heavy atom. The van der Waals surface area contributed by atoms with Crippen molar-refractivity contribution in [1.29, 1.82) is 0 Å². The SMILES string of the molecule is CC[C@H](C)c1ccc(N[C@H](C(=O)NC2CC2)c2ccccc2)cc1. The van der Waals surface area contributed by atoms with Gasteiger partial charge in [-0.15, -0.1) is 0 Å². The minimum absolute atomic E-state index is 0.0507. The molecule has 2 aromatic rings. The number of amides is 1. The largest absolute Gasteiger partial charge is 0.370 e. The van der Waals surface area contributed by atoms with Crippen molar-refractivity contribution >= 4 is 11.6 Å². The van der Waals surface area contributed by atoms with Crippen molar-refractivity contribution < 1.29 is 4.79 Å². The fourth-order valence-corrected chi connectivity index (χ4v) is 2.77. The third-order valence-electron chi connectivity index (χ3n) is 4.72. The molecule has 0 aromatic heterocycles. The van der Waals surface area contributed by atoms with Crippen LogP contribution in [0.2, 0.25) is 0 Å². The van der Waals surface area contributed by atoms with Crippen LogP contribution in [-0.2, 0) is 4.79 Å². The van der Waals surface area contributed by atoms with Crippen molar-refractivity contribution in [2.24, 2.45) is 0 Å². The van der Waals surface area contributed by atoms with Crippen LogP contribution in [0.5, 0.6) is 0 Å². The molecule has 1 amide bonds. The lowest BCUT2D eigenvalue weighted by Crippen LogP contribution is -2.34. The van der Waals surface area contributed by atoms with E-state index in [1.54, 1.807) is 0 Å². The van der Waals surface area contributed by atoms with Gasteiger partial charge in [0.2, 0.25) is 5.91 Å². The van der Waals surface area contributed by atoms with E-state index in [1.165, 1.54) is 5.56 Å². The average Bonchev–Trinajstić information content (AvgIpc) is 3.44. The molecular weight excluding hydrogens is 296 g/mol. The average molecular weight is 322 g/mol. The monoisotopic (exact) mass is 322 g/mol. The van der Waals surface area contributed by atoms with E-state index in [0.717, 1.165) is 30.5 Å². The summed E-state index contributed by atoms with van der Waals surface area (Å²) in [5, 5.41) is 6.51. The fraction of sp³-hybridized carbons (Fsp3) is 0.381. The van der Waals surface area contributed by atoms with E-state index < -0.39 is 0 Å². The summed E-state index contributed by atoms with van der Waals surface area (Å²) in [5.74, 6) is 0.608. The molecule has 1 aliphatic carbocycles. The first-order chi connectivity index (χ1) is 11.7. The molecule has 1 aliphatic rings. The van der Waals surface area contributed by atoms with Gasteiger partial charge in [-0.2, -0.15) is 0 Å². The highest BCUT2D eigenvalue weighted by molar-refractivity contribution is 5.86. The van der Waals surface area contributed by atoms with Gasteiger partial charge in [0, 0.05) is 11.7 Å². The van der Waals surface area contributed by atoms with Crippen LogP contribution < -0.4 is 10.6 Å². The van der Waals surface area contributed by atoms with Crippen molar-refractivity contribution in [3.8, 4) is 0 Å². The first-order valence-corrected chi connectivity index (χ1v) is 8.89.